The second-order valence-electron chi connectivity index (χ2n) is 5.09. The Morgan fingerprint density at radius 3 is 2.87 bits per heavy atom. The third kappa shape index (κ3) is 2.68. The van der Waals surface area contributed by atoms with E-state index < -0.39 is 5.97 Å². The first-order chi connectivity index (χ1) is 11.0. The van der Waals surface area contributed by atoms with Gasteiger partial charge in [0.25, 0.3) is 0 Å². The Morgan fingerprint density at radius 2 is 2.22 bits per heavy atom. The summed E-state index contributed by atoms with van der Waals surface area (Å²) in [4.78, 5) is 16.3. The lowest BCUT2D eigenvalue weighted by atomic mass is 10.2. The highest BCUT2D eigenvalue weighted by atomic mass is 35.5. The zero-order chi connectivity index (χ0) is 16.6. The summed E-state index contributed by atoms with van der Waals surface area (Å²) < 4.78 is 8.53. The zero-order valence-electron chi connectivity index (χ0n) is 13.1. The van der Waals surface area contributed by atoms with Gasteiger partial charge in [-0.1, -0.05) is 11.6 Å². The minimum atomic E-state index is -0.481. The first-order valence-corrected chi connectivity index (χ1v) is 7.56. The Bertz CT molecular complexity index is 884. The van der Waals surface area contributed by atoms with Gasteiger partial charge in [0.2, 0.25) is 0 Å². The van der Waals surface area contributed by atoms with Crippen molar-refractivity contribution in [1.29, 1.82) is 0 Å². The second kappa shape index (κ2) is 6.00. The first-order valence-electron chi connectivity index (χ1n) is 7.18. The Balaban J connectivity index is 2.08. The Labute approximate surface area is 137 Å². The fourth-order valence-corrected chi connectivity index (χ4v) is 2.79. The van der Waals surface area contributed by atoms with Crippen LogP contribution in [-0.2, 0) is 18.3 Å². The van der Waals surface area contributed by atoms with Crippen LogP contribution in [0.1, 0.15) is 28.7 Å². The van der Waals surface area contributed by atoms with E-state index in [4.69, 9.17) is 16.3 Å². The fourth-order valence-electron chi connectivity index (χ4n) is 2.45. The van der Waals surface area contributed by atoms with E-state index >= 15 is 0 Å². The van der Waals surface area contributed by atoms with Gasteiger partial charge in [-0.15, -0.1) is 0 Å². The number of halogens is 1. The second-order valence-corrected chi connectivity index (χ2v) is 5.47. The molecule has 0 unspecified atom stereocenters. The van der Waals surface area contributed by atoms with E-state index in [2.05, 4.69) is 15.2 Å². The normalized spacial score (nSPS) is 11.1. The smallest absolute Gasteiger partial charge is 0.341 e. The molecule has 0 N–H and O–H groups in total. The van der Waals surface area contributed by atoms with Gasteiger partial charge in [-0.05, 0) is 19.9 Å². The van der Waals surface area contributed by atoms with E-state index in [1.807, 2.05) is 20.0 Å². The highest BCUT2D eigenvalue weighted by Gasteiger charge is 2.20. The molecule has 0 atom stereocenters. The number of nitrogens with zero attached hydrogens (tertiary/aromatic N) is 5. The molecule has 0 bridgehead atoms. The van der Waals surface area contributed by atoms with Gasteiger partial charge in [-0.3, -0.25) is 4.68 Å². The molecule has 3 heterocycles. The number of aryl methyl sites for hydroxylation is 2. The maximum absolute atomic E-state index is 11.9. The van der Waals surface area contributed by atoms with E-state index in [1.165, 1.54) is 6.20 Å². The molecule has 23 heavy (non-hydrogen) atoms. The lowest BCUT2D eigenvalue weighted by molar-refractivity contribution is 0.0526. The third-order valence-electron chi connectivity index (χ3n) is 3.60. The molecule has 0 radical (unpaired) electrons. The van der Waals surface area contributed by atoms with Crippen molar-refractivity contribution in [2.45, 2.75) is 20.4 Å². The Hall–Kier alpha value is -2.41. The van der Waals surface area contributed by atoms with Crippen LogP contribution in [-0.4, -0.2) is 37.1 Å². The number of aromatic nitrogens is 5. The number of esters is 1. The summed E-state index contributed by atoms with van der Waals surface area (Å²) in [5.41, 5.74) is 2.58. The highest BCUT2D eigenvalue weighted by molar-refractivity contribution is 6.38. The van der Waals surface area contributed by atoms with Crippen molar-refractivity contribution in [2.24, 2.45) is 7.05 Å². The molecule has 3 aromatic heterocycles. The minimum absolute atomic E-state index is 0.254. The third-order valence-corrected chi connectivity index (χ3v) is 3.99. The van der Waals surface area contributed by atoms with Crippen LogP contribution in [0.2, 0.25) is 5.02 Å². The summed E-state index contributed by atoms with van der Waals surface area (Å²) in [6, 6.07) is 1.91. The number of carbonyl (C=O) groups is 1. The van der Waals surface area contributed by atoms with Crippen molar-refractivity contribution in [3.05, 3.63) is 40.4 Å². The number of pyridine rings is 1. The minimum Gasteiger partial charge on any atom is -0.462 e. The van der Waals surface area contributed by atoms with Crippen molar-refractivity contribution in [3.63, 3.8) is 0 Å². The molecular formula is C15H16ClN5O2. The molecule has 120 valence electrons. The van der Waals surface area contributed by atoms with Crippen LogP contribution < -0.4 is 0 Å². The predicted octanol–water partition coefficient (Wildman–Crippen LogP) is 2.35. The zero-order valence-corrected chi connectivity index (χ0v) is 13.8. The average molecular weight is 334 g/mol. The molecule has 0 fully saturated rings. The molecule has 0 aliphatic rings. The maximum atomic E-state index is 11.9. The van der Waals surface area contributed by atoms with E-state index in [-0.39, 0.29) is 12.2 Å². The van der Waals surface area contributed by atoms with Crippen molar-refractivity contribution < 1.29 is 9.53 Å². The van der Waals surface area contributed by atoms with E-state index in [0.717, 1.165) is 5.69 Å². The van der Waals surface area contributed by atoms with E-state index in [1.54, 1.807) is 22.5 Å². The van der Waals surface area contributed by atoms with Gasteiger partial charge in [0.15, 0.2) is 5.65 Å². The summed E-state index contributed by atoms with van der Waals surface area (Å²) in [5, 5.41) is 9.62. The van der Waals surface area contributed by atoms with Gasteiger partial charge < -0.3 is 4.74 Å². The van der Waals surface area contributed by atoms with Gasteiger partial charge >= 0.3 is 5.97 Å². The van der Waals surface area contributed by atoms with Crippen LogP contribution in [0.15, 0.2) is 18.5 Å². The molecule has 8 heteroatoms. The fraction of sp³-hybridized carbons (Fsp3) is 0.333. The Morgan fingerprint density at radius 1 is 1.43 bits per heavy atom. The monoisotopic (exact) mass is 333 g/mol. The summed E-state index contributed by atoms with van der Waals surface area (Å²) >= 11 is 6.39. The molecular weight excluding hydrogens is 318 g/mol. The SMILES string of the molecule is CCOC(=O)c1cnc2c(c(C)nn2Cc2ccnn2C)c1Cl. The Kier molecular flexibility index (Phi) is 4.04. The van der Waals surface area contributed by atoms with Gasteiger partial charge in [0.1, 0.15) is 0 Å². The topological polar surface area (TPSA) is 74.8 Å². The number of hydrogen-bond donors (Lipinski definition) is 0. The van der Waals surface area contributed by atoms with Crippen LogP contribution in [0.25, 0.3) is 11.0 Å². The average Bonchev–Trinajstić information content (AvgIpc) is 3.05. The molecule has 0 saturated heterocycles. The van der Waals surface area contributed by atoms with Gasteiger partial charge in [-0.2, -0.15) is 10.2 Å². The van der Waals surface area contributed by atoms with Crippen LogP contribution in [0.4, 0.5) is 0 Å². The number of fused-ring (bicyclic) bond motifs is 1. The molecule has 7 nitrogen and oxygen atoms in total. The van der Waals surface area contributed by atoms with Crippen molar-refractivity contribution in [3.8, 4) is 0 Å². The molecule has 3 rings (SSSR count). The lowest BCUT2D eigenvalue weighted by Gasteiger charge is -2.06. The van der Waals surface area contributed by atoms with Gasteiger partial charge in [0, 0.05) is 19.4 Å². The number of carbonyl (C=O) groups excluding carboxylic acids is 1. The first kappa shape index (κ1) is 15.5. The largest absolute Gasteiger partial charge is 0.462 e. The number of ether oxygens (including phenoxy) is 1. The summed E-state index contributed by atoms with van der Waals surface area (Å²) in [6.45, 7) is 4.38. The van der Waals surface area contributed by atoms with Crippen molar-refractivity contribution in [2.75, 3.05) is 6.61 Å². The van der Waals surface area contributed by atoms with Crippen molar-refractivity contribution in [1.82, 2.24) is 24.5 Å². The molecule has 0 amide bonds. The maximum Gasteiger partial charge on any atom is 0.341 e. The van der Waals surface area contributed by atoms with E-state index in [9.17, 15) is 4.79 Å². The molecule has 3 aromatic rings. The number of rotatable bonds is 4. The van der Waals surface area contributed by atoms with Crippen LogP contribution in [0, 0.1) is 6.92 Å². The molecule has 0 aliphatic carbocycles. The van der Waals surface area contributed by atoms with Crippen LogP contribution in [0.5, 0.6) is 0 Å². The lowest BCUT2D eigenvalue weighted by Crippen LogP contribution is -2.09. The molecule has 0 aromatic carbocycles. The quantitative estimate of drug-likeness (QED) is 0.685. The summed E-state index contributed by atoms with van der Waals surface area (Å²) in [5.74, 6) is -0.481. The van der Waals surface area contributed by atoms with Crippen LogP contribution >= 0.6 is 11.6 Å². The molecule has 0 spiro atoms. The van der Waals surface area contributed by atoms with Gasteiger partial charge in [0.05, 0.1) is 40.5 Å². The van der Waals surface area contributed by atoms with E-state index in [0.29, 0.717) is 28.3 Å². The standard InChI is InChI=1S/C15H16ClN5O2/c1-4-23-15(22)11-7-17-14-12(13(11)16)9(2)19-21(14)8-10-5-6-18-20(10)3/h5-7H,4,8H2,1-3H3. The molecule has 0 saturated carbocycles. The summed E-state index contributed by atoms with van der Waals surface area (Å²) in [7, 11) is 1.87. The predicted molar refractivity (Wildman–Crippen MR) is 85.5 cm³/mol. The van der Waals surface area contributed by atoms with Gasteiger partial charge in [-0.25, -0.2) is 14.5 Å². The number of hydrogen-bond acceptors (Lipinski definition) is 5. The van der Waals surface area contributed by atoms with Crippen LogP contribution in [0.3, 0.4) is 0 Å². The highest BCUT2D eigenvalue weighted by Crippen LogP contribution is 2.29. The summed E-state index contributed by atoms with van der Waals surface area (Å²) in [6.07, 6.45) is 3.16. The van der Waals surface area contributed by atoms with Crippen molar-refractivity contribution >= 4 is 28.6 Å². The molecule has 0 aliphatic heterocycles.